The van der Waals surface area contributed by atoms with Crippen molar-refractivity contribution in [2.45, 2.75) is 0 Å². The molecule has 0 saturated heterocycles. The molecule has 0 N–H and O–H groups in total. The number of para-hydroxylation sites is 1. The Morgan fingerprint density at radius 2 is 1.44 bits per heavy atom. The number of halogens is 2. The Morgan fingerprint density at radius 3 is 2.06 bits per heavy atom. The molecule has 16 heavy (non-hydrogen) atoms. The standard InChI is InChI=1S/C6H4Cl2O.C6H5.Hg/c7-4-2-1-3-5(8)6(4)9;1-2-4-6-5-3-1;/h1-3,9H;1-5H;/q;;+1/p-1. The van der Waals surface area contributed by atoms with Gasteiger partial charge in [0.25, 0.3) is 0 Å². The van der Waals surface area contributed by atoms with E-state index in [1.165, 1.54) is 3.07 Å². The van der Waals surface area contributed by atoms with Gasteiger partial charge in [-0.1, -0.05) is 0 Å². The van der Waals surface area contributed by atoms with Gasteiger partial charge in [0.15, 0.2) is 0 Å². The fraction of sp³-hybridized carbons (Fsp3) is 0. The molecular formula is C12H8Cl2HgO. The summed E-state index contributed by atoms with van der Waals surface area (Å²) in [4.78, 5) is 0. The topological polar surface area (TPSA) is 9.23 Å². The van der Waals surface area contributed by atoms with E-state index in [0.717, 1.165) is 0 Å². The van der Waals surface area contributed by atoms with Crippen LogP contribution in [0.1, 0.15) is 0 Å². The Morgan fingerprint density at radius 1 is 0.812 bits per heavy atom. The van der Waals surface area contributed by atoms with Gasteiger partial charge in [0, 0.05) is 0 Å². The average Bonchev–Trinajstić information content (AvgIpc) is 2.30. The van der Waals surface area contributed by atoms with Crippen molar-refractivity contribution in [2.75, 3.05) is 0 Å². The summed E-state index contributed by atoms with van der Waals surface area (Å²) >= 11 is 10.5. The first kappa shape index (κ1) is 12.2. The molecule has 0 radical (unpaired) electrons. The minimum atomic E-state index is -1.59. The molecule has 78 valence electrons. The molecule has 2 aromatic carbocycles. The summed E-state index contributed by atoms with van der Waals surface area (Å²) < 4.78 is 7.12. The maximum absolute atomic E-state index is 6.02. The van der Waals surface area contributed by atoms with Gasteiger partial charge in [0.1, 0.15) is 0 Å². The van der Waals surface area contributed by atoms with Crippen molar-refractivity contribution in [1.82, 2.24) is 0 Å². The average molecular weight is 440 g/mol. The SMILES string of the molecule is Clc1cccc(Cl)c1[O][Hg][c]1ccccc1. The molecule has 0 heterocycles. The molecule has 0 spiro atoms. The van der Waals surface area contributed by atoms with Gasteiger partial charge >= 0.3 is 118 Å². The first-order valence-electron chi connectivity index (χ1n) is 4.88. The van der Waals surface area contributed by atoms with Gasteiger partial charge in [0.2, 0.25) is 0 Å². The molecule has 4 heteroatoms. The summed E-state index contributed by atoms with van der Waals surface area (Å²) in [7, 11) is 0. The third-order valence-corrected chi connectivity index (χ3v) is 7.55. The molecule has 0 bridgehead atoms. The van der Waals surface area contributed by atoms with Crippen molar-refractivity contribution in [2.24, 2.45) is 0 Å². The van der Waals surface area contributed by atoms with E-state index < -0.39 is 25.0 Å². The molecule has 1 nitrogen and oxygen atoms in total. The maximum atomic E-state index is 6.02. The molecule has 0 saturated carbocycles. The molecule has 0 amide bonds. The summed E-state index contributed by atoms with van der Waals surface area (Å²) in [5.41, 5.74) is 0. The van der Waals surface area contributed by atoms with E-state index in [4.69, 9.17) is 25.8 Å². The zero-order valence-corrected chi connectivity index (χ0v) is 15.5. The number of benzene rings is 2. The summed E-state index contributed by atoms with van der Waals surface area (Å²) in [5, 5.41) is 1.17. The molecule has 0 aliphatic carbocycles. The molecule has 0 fully saturated rings. The van der Waals surface area contributed by atoms with Crippen LogP contribution >= 0.6 is 23.2 Å². The third-order valence-electron chi connectivity index (χ3n) is 2.14. The van der Waals surface area contributed by atoms with Crippen LogP contribution < -0.4 is 5.72 Å². The Kier molecular flexibility index (Phi) is 4.50. The van der Waals surface area contributed by atoms with Crippen LogP contribution in [0.2, 0.25) is 10.0 Å². The molecular weight excluding hydrogens is 432 g/mol. The van der Waals surface area contributed by atoms with Crippen LogP contribution in [0, 0.1) is 0 Å². The minimum absolute atomic E-state index is 0.587. The van der Waals surface area contributed by atoms with Gasteiger partial charge in [-0.05, 0) is 0 Å². The van der Waals surface area contributed by atoms with Crippen molar-refractivity contribution < 1.29 is 27.7 Å². The summed E-state index contributed by atoms with van der Waals surface area (Å²) in [6.45, 7) is 0. The summed E-state index contributed by atoms with van der Waals surface area (Å²) in [6.07, 6.45) is 0. The quantitative estimate of drug-likeness (QED) is 0.663. The van der Waals surface area contributed by atoms with E-state index in [1.54, 1.807) is 12.1 Å². The van der Waals surface area contributed by atoms with Gasteiger partial charge in [-0.15, -0.1) is 0 Å². The van der Waals surface area contributed by atoms with Crippen LogP contribution in [-0.2, 0) is 25.0 Å². The Labute approximate surface area is 117 Å². The van der Waals surface area contributed by atoms with Gasteiger partial charge in [-0.2, -0.15) is 0 Å². The first-order chi connectivity index (χ1) is 7.77. The second kappa shape index (κ2) is 5.90. The second-order valence-corrected chi connectivity index (χ2v) is 9.56. The second-order valence-electron chi connectivity index (χ2n) is 3.33. The van der Waals surface area contributed by atoms with Crippen LogP contribution in [0.25, 0.3) is 0 Å². The van der Waals surface area contributed by atoms with E-state index >= 15 is 0 Å². The Balaban J connectivity index is 2.11. The van der Waals surface area contributed by atoms with Crippen LogP contribution in [0.4, 0.5) is 0 Å². The normalized spacial score (nSPS) is 9.62. The van der Waals surface area contributed by atoms with Gasteiger partial charge in [-0.25, -0.2) is 0 Å². The first-order valence-corrected chi connectivity index (χ1v) is 10.6. The van der Waals surface area contributed by atoms with E-state index in [9.17, 15) is 0 Å². The van der Waals surface area contributed by atoms with Crippen molar-refractivity contribution in [1.29, 1.82) is 0 Å². The number of hydrogen-bond donors (Lipinski definition) is 0. The predicted molar refractivity (Wildman–Crippen MR) is 63.2 cm³/mol. The Bertz CT molecular complexity index is 453. The zero-order chi connectivity index (χ0) is 11.4. The van der Waals surface area contributed by atoms with Crippen molar-refractivity contribution in [3.05, 3.63) is 58.6 Å². The third kappa shape index (κ3) is 3.13. The van der Waals surface area contributed by atoms with Crippen molar-refractivity contribution in [3.8, 4) is 5.75 Å². The van der Waals surface area contributed by atoms with Gasteiger partial charge in [-0.3, -0.25) is 0 Å². The molecule has 0 aromatic heterocycles. The van der Waals surface area contributed by atoms with Crippen molar-refractivity contribution in [3.63, 3.8) is 0 Å². The van der Waals surface area contributed by atoms with Crippen molar-refractivity contribution >= 4 is 26.3 Å². The molecule has 0 atom stereocenters. The fourth-order valence-electron chi connectivity index (χ4n) is 1.35. The Hall–Kier alpha value is -0.245. The molecule has 0 aliphatic rings. The zero-order valence-electron chi connectivity index (χ0n) is 8.49. The molecule has 0 aliphatic heterocycles. The molecule has 0 unspecified atom stereocenters. The predicted octanol–water partition coefficient (Wildman–Crippen LogP) is 3.70. The van der Waals surface area contributed by atoms with E-state index in [2.05, 4.69) is 12.1 Å². The van der Waals surface area contributed by atoms with E-state index in [-0.39, 0.29) is 0 Å². The van der Waals surface area contributed by atoms with Gasteiger partial charge in [0.05, 0.1) is 0 Å². The molecule has 2 rings (SSSR count). The van der Waals surface area contributed by atoms with Crippen LogP contribution in [0.15, 0.2) is 48.5 Å². The molecule has 2 aromatic rings. The monoisotopic (exact) mass is 440 g/mol. The van der Waals surface area contributed by atoms with E-state index in [0.29, 0.717) is 15.8 Å². The van der Waals surface area contributed by atoms with Gasteiger partial charge < -0.3 is 0 Å². The summed E-state index contributed by atoms with van der Waals surface area (Å²) in [6, 6.07) is 15.6. The van der Waals surface area contributed by atoms with E-state index in [1.807, 2.05) is 24.3 Å². The van der Waals surface area contributed by atoms with Crippen LogP contribution in [0.5, 0.6) is 5.75 Å². The number of rotatable bonds is 3. The number of hydrogen-bond acceptors (Lipinski definition) is 1. The van der Waals surface area contributed by atoms with Crippen LogP contribution in [0.3, 0.4) is 0 Å². The van der Waals surface area contributed by atoms with Crippen LogP contribution in [-0.4, -0.2) is 0 Å². The fourth-order valence-corrected chi connectivity index (χ4v) is 6.79. The summed E-state index contributed by atoms with van der Waals surface area (Å²) in [5.74, 6) is 0.636.